The fraction of sp³-hybridized carbons (Fsp3) is 0.235. The third kappa shape index (κ3) is 2.56. The lowest BCUT2D eigenvalue weighted by atomic mass is 10.0. The predicted octanol–water partition coefficient (Wildman–Crippen LogP) is 4.32. The summed E-state index contributed by atoms with van der Waals surface area (Å²) in [4.78, 5) is 14.6. The van der Waals surface area contributed by atoms with Gasteiger partial charge in [0.05, 0.1) is 6.04 Å². The molecule has 2 nitrogen and oxygen atoms in total. The quantitative estimate of drug-likeness (QED) is 0.805. The molecule has 0 aromatic heterocycles. The predicted molar refractivity (Wildman–Crippen MR) is 80.9 cm³/mol. The maximum atomic E-state index is 12.7. The van der Waals surface area contributed by atoms with Gasteiger partial charge in [0.15, 0.2) is 0 Å². The minimum absolute atomic E-state index is 0.0684. The molecule has 1 heterocycles. The van der Waals surface area contributed by atoms with E-state index in [4.69, 9.17) is 11.6 Å². The van der Waals surface area contributed by atoms with Crippen LogP contribution in [0.4, 0.5) is 0 Å². The third-order valence-electron chi connectivity index (χ3n) is 3.77. The van der Waals surface area contributed by atoms with Gasteiger partial charge in [0, 0.05) is 17.1 Å². The van der Waals surface area contributed by atoms with Gasteiger partial charge in [-0.15, -0.1) is 0 Å². The van der Waals surface area contributed by atoms with Gasteiger partial charge in [0.25, 0.3) is 5.91 Å². The van der Waals surface area contributed by atoms with Crippen LogP contribution in [0.2, 0.25) is 5.02 Å². The molecule has 20 heavy (non-hydrogen) atoms. The Kier molecular flexibility index (Phi) is 3.75. The first-order valence-electron chi connectivity index (χ1n) is 6.87. The Bertz CT molecular complexity index is 611. The lowest BCUT2D eigenvalue weighted by Gasteiger charge is -2.25. The van der Waals surface area contributed by atoms with Crippen LogP contribution in [-0.4, -0.2) is 17.4 Å². The number of nitrogens with zero attached hydrogens (tertiary/aromatic N) is 1. The summed E-state index contributed by atoms with van der Waals surface area (Å²) in [7, 11) is 0. The first-order chi connectivity index (χ1) is 9.75. The highest BCUT2D eigenvalue weighted by molar-refractivity contribution is 6.30. The van der Waals surface area contributed by atoms with Gasteiger partial charge in [-0.3, -0.25) is 4.79 Å². The van der Waals surface area contributed by atoms with E-state index in [2.05, 4.69) is 12.1 Å². The molecular weight excluding hydrogens is 270 g/mol. The summed E-state index contributed by atoms with van der Waals surface area (Å²) in [6.45, 7) is 0.810. The van der Waals surface area contributed by atoms with E-state index in [1.165, 1.54) is 5.56 Å². The minimum Gasteiger partial charge on any atom is -0.332 e. The molecule has 1 aliphatic heterocycles. The van der Waals surface area contributed by atoms with Gasteiger partial charge in [-0.1, -0.05) is 48.0 Å². The number of rotatable bonds is 2. The van der Waals surface area contributed by atoms with Gasteiger partial charge in [0.2, 0.25) is 0 Å². The Morgan fingerprint density at radius 2 is 1.90 bits per heavy atom. The van der Waals surface area contributed by atoms with Crippen molar-refractivity contribution in [3.05, 3.63) is 70.7 Å². The second kappa shape index (κ2) is 5.68. The summed E-state index contributed by atoms with van der Waals surface area (Å²) in [5.41, 5.74) is 1.88. The number of likely N-dealkylation sites (tertiary alicyclic amines) is 1. The molecule has 1 amide bonds. The summed E-state index contributed by atoms with van der Waals surface area (Å²) in [5.74, 6) is 0.0684. The molecule has 0 radical (unpaired) electrons. The summed E-state index contributed by atoms with van der Waals surface area (Å²) < 4.78 is 0. The number of carbonyl (C=O) groups excluding carboxylic acids is 1. The van der Waals surface area contributed by atoms with E-state index < -0.39 is 0 Å². The smallest absolute Gasteiger partial charge is 0.254 e. The second-order valence-corrected chi connectivity index (χ2v) is 5.51. The van der Waals surface area contributed by atoms with Crippen molar-refractivity contribution in [3.8, 4) is 0 Å². The lowest BCUT2D eigenvalue weighted by Crippen LogP contribution is -2.30. The van der Waals surface area contributed by atoms with Crippen LogP contribution in [0, 0.1) is 0 Å². The van der Waals surface area contributed by atoms with E-state index >= 15 is 0 Å². The van der Waals surface area contributed by atoms with E-state index in [0.29, 0.717) is 10.6 Å². The summed E-state index contributed by atoms with van der Waals surface area (Å²) in [6, 6.07) is 17.6. The van der Waals surface area contributed by atoms with Crippen molar-refractivity contribution >= 4 is 17.5 Å². The number of amides is 1. The molecular formula is C17H16ClNO. The number of halogens is 1. The maximum Gasteiger partial charge on any atom is 0.254 e. The van der Waals surface area contributed by atoms with Crippen molar-refractivity contribution in [2.24, 2.45) is 0 Å². The molecule has 0 spiro atoms. The highest BCUT2D eigenvalue weighted by Crippen LogP contribution is 2.33. The van der Waals surface area contributed by atoms with E-state index in [-0.39, 0.29) is 11.9 Å². The molecule has 2 aromatic carbocycles. The van der Waals surface area contributed by atoms with Crippen LogP contribution >= 0.6 is 11.6 Å². The third-order valence-corrected chi connectivity index (χ3v) is 4.00. The number of benzene rings is 2. The Morgan fingerprint density at radius 1 is 1.10 bits per heavy atom. The molecule has 3 heteroatoms. The fourth-order valence-electron chi connectivity index (χ4n) is 2.82. The molecule has 0 unspecified atom stereocenters. The Labute approximate surface area is 124 Å². The lowest BCUT2D eigenvalue weighted by molar-refractivity contribution is 0.0735. The van der Waals surface area contributed by atoms with Crippen LogP contribution in [-0.2, 0) is 0 Å². The normalized spacial score (nSPS) is 18.2. The SMILES string of the molecule is O=C(c1cccc(Cl)c1)N1CCC[C@@H]1c1ccccc1. The molecule has 3 rings (SSSR count). The molecule has 1 fully saturated rings. The summed E-state index contributed by atoms with van der Waals surface area (Å²) >= 11 is 5.98. The van der Waals surface area contributed by atoms with Crippen LogP contribution in [0.15, 0.2) is 54.6 Å². The second-order valence-electron chi connectivity index (χ2n) is 5.08. The van der Waals surface area contributed by atoms with Gasteiger partial charge in [0.1, 0.15) is 0 Å². The molecule has 0 saturated carbocycles. The van der Waals surface area contributed by atoms with Crippen molar-refractivity contribution in [1.82, 2.24) is 4.90 Å². The minimum atomic E-state index is 0.0684. The zero-order valence-electron chi connectivity index (χ0n) is 11.1. The Hall–Kier alpha value is -1.80. The molecule has 0 N–H and O–H groups in total. The molecule has 0 bridgehead atoms. The highest BCUT2D eigenvalue weighted by Gasteiger charge is 2.30. The zero-order chi connectivity index (χ0) is 13.9. The van der Waals surface area contributed by atoms with Crippen LogP contribution in [0.3, 0.4) is 0 Å². The molecule has 1 saturated heterocycles. The van der Waals surface area contributed by atoms with Crippen LogP contribution < -0.4 is 0 Å². The average Bonchev–Trinajstić information content (AvgIpc) is 2.97. The average molecular weight is 286 g/mol. The molecule has 102 valence electrons. The van der Waals surface area contributed by atoms with Crippen molar-refractivity contribution in [1.29, 1.82) is 0 Å². The van der Waals surface area contributed by atoms with Crippen LogP contribution in [0.5, 0.6) is 0 Å². The van der Waals surface area contributed by atoms with Gasteiger partial charge < -0.3 is 4.90 Å². The van der Waals surface area contributed by atoms with Crippen molar-refractivity contribution in [2.45, 2.75) is 18.9 Å². The monoisotopic (exact) mass is 285 g/mol. The molecule has 1 atom stereocenters. The zero-order valence-corrected chi connectivity index (χ0v) is 11.9. The van der Waals surface area contributed by atoms with E-state index in [1.807, 2.05) is 35.2 Å². The summed E-state index contributed by atoms with van der Waals surface area (Å²) in [5, 5.41) is 0.603. The maximum absolute atomic E-state index is 12.7. The number of carbonyl (C=O) groups is 1. The largest absolute Gasteiger partial charge is 0.332 e. The van der Waals surface area contributed by atoms with Crippen LogP contribution in [0.25, 0.3) is 0 Å². The molecule has 2 aromatic rings. The van der Waals surface area contributed by atoms with Crippen LogP contribution in [0.1, 0.15) is 34.8 Å². The topological polar surface area (TPSA) is 20.3 Å². The van der Waals surface area contributed by atoms with Crippen molar-refractivity contribution < 1.29 is 4.79 Å². The van der Waals surface area contributed by atoms with Gasteiger partial charge in [-0.25, -0.2) is 0 Å². The first-order valence-corrected chi connectivity index (χ1v) is 7.25. The molecule has 1 aliphatic rings. The standard InChI is InChI=1S/C17H16ClNO/c18-15-9-4-8-14(12-15)17(20)19-11-5-10-16(19)13-6-2-1-3-7-13/h1-4,6-9,12,16H,5,10-11H2/t16-/m1/s1. The van der Waals surface area contributed by atoms with E-state index in [1.54, 1.807) is 12.1 Å². The summed E-state index contributed by atoms with van der Waals surface area (Å²) in [6.07, 6.45) is 2.07. The first kappa shape index (κ1) is 13.2. The number of hydrogen-bond donors (Lipinski definition) is 0. The Morgan fingerprint density at radius 3 is 2.65 bits per heavy atom. The van der Waals surface area contributed by atoms with Gasteiger partial charge in [-0.2, -0.15) is 0 Å². The fourth-order valence-corrected chi connectivity index (χ4v) is 3.01. The van der Waals surface area contributed by atoms with Gasteiger partial charge in [-0.05, 0) is 36.6 Å². The van der Waals surface area contributed by atoms with Gasteiger partial charge >= 0.3 is 0 Å². The Balaban J connectivity index is 1.87. The van der Waals surface area contributed by atoms with Crippen molar-refractivity contribution in [3.63, 3.8) is 0 Å². The van der Waals surface area contributed by atoms with Crippen molar-refractivity contribution in [2.75, 3.05) is 6.54 Å². The van der Waals surface area contributed by atoms with E-state index in [0.717, 1.165) is 19.4 Å². The number of hydrogen-bond acceptors (Lipinski definition) is 1. The highest BCUT2D eigenvalue weighted by atomic mass is 35.5. The molecule has 0 aliphatic carbocycles. The van der Waals surface area contributed by atoms with E-state index in [9.17, 15) is 4.79 Å².